The molecule has 0 atom stereocenters. The van der Waals surface area contributed by atoms with Crippen LogP contribution in [0.3, 0.4) is 0 Å². The van der Waals surface area contributed by atoms with Crippen molar-refractivity contribution in [2.75, 3.05) is 26.2 Å². The Balaban J connectivity index is 0.950. The number of carbonyl (C=O) groups excluding carboxylic acids is 2. The second-order valence-corrected chi connectivity index (χ2v) is 13.9. The van der Waals surface area contributed by atoms with Gasteiger partial charge in [-0.1, -0.05) is 24.3 Å². The van der Waals surface area contributed by atoms with Gasteiger partial charge in [0.15, 0.2) is 0 Å². The lowest BCUT2D eigenvalue weighted by Crippen LogP contribution is -2.41. The number of H-pyrrole nitrogens is 1. The molecule has 5 heterocycles. The number of nitrogens with one attached hydrogen (secondary N) is 1. The van der Waals surface area contributed by atoms with Crippen LogP contribution >= 0.6 is 0 Å². The summed E-state index contributed by atoms with van der Waals surface area (Å²) in [7, 11) is 0. The summed E-state index contributed by atoms with van der Waals surface area (Å²) in [5, 5.41) is 1.90. The van der Waals surface area contributed by atoms with E-state index in [1.807, 2.05) is 60.7 Å². The van der Waals surface area contributed by atoms with E-state index in [4.69, 9.17) is 0 Å². The Labute approximate surface area is 297 Å². The van der Waals surface area contributed by atoms with Gasteiger partial charge in [0, 0.05) is 55.4 Å². The predicted molar refractivity (Wildman–Crippen MR) is 192 cm³/mol. The van der Waals surface area contributed by atoms with Gasteiger partial charge in [-0.05, 0) is 96.8 Å². The molecule has 1 N–H and O–H groups in total. The number of likely N-dealkylation sites (tertiary alicyclic amines) is 2. The summed E-state index contributed by atoms with van der Waals surface area (Å²) in [5.74, 6) is -0.276. The molecule has 0 saturated carbocycles. The summed E-state index contributed by atoms with van der Waals surface area (Å²) in [4.78, 5) is 54.6. The van der Waals surface area contributed by atoms with E-state index in [9.17, 15) is 27.6 Å². The van der Waals surface area contributed by atoms with Gasteiger partial charge in [-0.25, -0.2) is 4.79 Å². The molecule has 2 aliphatic heterocycles. The summed E-state index contributed by atoms with van der Waals surface area (Å²) in [6.45, 7) is 1.55. The number of aromatic nitrogens is 4. The van der Waals surface area contributed by atoms with Crippen molar-refractivity contribution in [3.05, 3.63) is 118 Å². The minimum atomic E-state index is -4.69. The highest BCUT2D eigenvalue weighted by Crippen LogP contribution is 2.40. The van der Waals surface area contributed by atoms with Crippen molar-refractivity contribution in [1.82, 2.24) is 29.3 Å². The van der Waals surface area contributed by atoms with E-state index in [0.29, 0.717) is 57.4 Å². The third-order valence-electron chi connectivity index (χ3n) is 10.7. The van der Waals surface area contributed by atoms with Crippen LogP contribution in [-0.4, -0.2) is 67.3 Å². The van der Waals surface area contributed by atoms with Crippen LogP contribution in [0.5, 0.6) is 0 Å². The first-order valence-corrected chi connectivity index (χ1v) is 17.7. The number of benzene rings is 3. The highest BCUT2D eigenvalue weighted by molar-refractivity contribution is 5.85. The Bertz CT molecular complexity index is 2370. The molecule has 8 rings (SSSR count). The van der Waals surface area contributed by atoms with E-state index < -0.39 is 23.5 Å². The lowest BCUT2D eigenvalue weighted by Gasteiger charge is -2.33. The van der Waals surface area contributed by atoms with Crippen LogP contribution in [0.1, 0.15) is 59.9 Å². The van der Waals surface area contributed by atoms with Crippen molar-refractivity contribution in [2.24, 2.45) is 0 Å². The number of pyridine rings is 2. The molecule has 52 heavy (non-hydrogen) atoms. The molecular formula is C40H37F3N6O3. The molecule has 0 radical (unpaired) electrons. The van der Waals surface area contributed by atoms with Crippen LogP contribution in [-0.2, 0) is 28.6 Å². The van der Waals surface area contributed by atoms with Crippen LogP contribution < -0.4 is 5.69 Å². The van der Waals surface area contributed by atoms with Gasteiger partial charge in [0.1, 0.15) is 0 Å². The van der Waals surface area contributed by atoms with Gasteiger partial charge in [0.25, 0.3) is 0 Å². The number of imidazole rings is 1. The molecule has 0 bridgehead atoms. The van der Waals surface area contributed by atoms with E-state index in [1.54, 1.807) is 28.3 Å². The van der Waals surface area contributed by atoms with Gasteiger partial charge in [0.2, 0.25) is 11.8 Å². The minimum Gasteiger partial charge on any atom is -0.342 e. The van der Waals surface area contributed by atoms with E-state index in [1.165, 1.54) is 10.6 Å². The Morgan fingerprint density at radius 2 is 1.27 bits per heavy atom. The number of nitrogens with zero attached hydrogens (tertiary/aromatic N) is 5. The van der Waals surface area contributed by atoms with Gasteiger partial charge in [0.05, 0.1) is 40.5 Å². The van der Waals surface area contributed by atoms with E-state index in [0.717, 1.165) is 32.9 Å². The number of halogens is 3. The largest absolute Gasteiger partial charge is 0.418 e. The molecule has 266 valence electrons. The van der Waals surface area contributed by atoms with Crippen LogP contribution in [0, 0.1) is 0 Å². The van der Waals surface area contributed by atoms with E-state index in [-0.39, 0.29) is 41.6 Å². The molecular weight excluding hydrogens is 669 g/mol. The second-order valence-electron chi connectivity index (χ2n) is 13.9. The fourth-order valence-corrected chi connectivity index (χ4v) is 7.97. The molecule has 3 aromatic heterocycles. The van der Waals surface area contributed by atoms with Crippen molar-refractivity contribution in [2.45, 2.75) is 56.7 Å². The van der Waals surface area contributed by atoms with Gasteiger partial charge < -0.3 is 14.8 Å². The van der Waals surface area contributed by atoms with Crippen LogP contribution in [0.25, 0.3) is 32.8 Å². The van der Waals surface area contributed by atoms with Crippen molar-refractivity contribution in [3.63, 3.8) is 0 Å². The molecule has 2 amide bonds. The third-order valence-corrected chi connectivity index (χ3v) is 10.7. The number of fused-ring (bicyclic) bond motifs is 3. The summed E-state index contributed by atoms with van der Waals surface area (Å²) < 4.78 is 45.4. The maximum absolute atomic E-state index is 14.7. The van der Waals surface area contributed by atoms with Crippen molar-refractivity contribution < 1.29 is 22.8 Å². The molecule has 0 unspecified atom stereocenters. The lowest BCUT2D eigenvalue weighted by atomic mass is 9.87. The molecule has 9 nitrogen and oxygen atoms in total. The van der Waals surface area contributed by atoms with Crippen molar-refractivity contribution in [3.8, 4) is 0 Å². The summed E-state index contributed by atoms with van der Waals surface area (Å²) in [6, 6.07) is 21.4. The molecule has 12 heteroatoms. The van der Waals surface area contributed by atoms with Crippen LogP contribution in [0.4, 0.5) is 13.2 Å². The molecule has 2 aliphatic rings. The number of carbonyl (C=O) groups is 2. The smallest absolute Gasteiger partial charge is 0.342 e. The Morgan fingerprint density at radius 1 is 0.731 bits per heavy atom. The monoisotopic (exact) mass is 706 g/mol. The number of hydrogen-bond donors (Lipinski definition) is 1. The molecule has 0 spiro atoms. The average molecular weight is 707 g/mol. The normalized spacial score (nSPS) is 16.3. The van der Waals surface area contributed by atoms with Gasteiger partial charge in [-0.2, -0.15) is 13.2 Å². The topological polar surface area (TPSA) is 104 Å². The maximum Gasteiger partial charge on any atom is 0.418 e. The number of alkyl halides is 3. The van der Waals surface area contributed by atoms with E-state index >= 15 is 0 Å². The first-order valence-electron chi connectivity index (χ1n) is 17.7. The summed E-state index contributed by atoms with van der Waals surface area (Å²) in [6.07, 6.45) is 0.958. The number of piperidine rings is 2. The SMILES string of the molecule is O=C(Cc1ccc2ncccc2c1)N1CCC(c2cc(C(F)(F)F)c3c(c2)[nH]c(=O)n3C2CCN(C(=O)Cc3ccc4ncccc4c3)CC2)CC1. The zero-order valence-electron chi connectivity index (χ0n) is 28.4. The van der Waals surface area contributed by atoms with Crippen LogP contribution in [0.2, 0.25) is 0 Å². The highest BCUT2D eigenvalue weighted by Gasteiger charge is 2.38. The quantitative estimate of drug-likeness (QED) is 0.205. The van der Waals surface area contributed by atoms with Gasteiger partial charge in [-0.3, -0.25) is 24.1 Å². The molecule has 0 aliphatic carbocycles. The van der Waals surface area contributed by atoms with Crippen LogP contribution in [0.15, 0.2) is 90.0 Å². The van der Waals surface area contributed by atoms with E-state index in [2.05, 4.69) is 15.0 Å². The Kier molecular flexibility index (Phi) is 8.76. The molecule has 3 aromatic carbocycles. The summed E-state index contributed by atoms with van der Waals surface area (Å²) >= 11 is 0. The first-order chi connectivity index (χ1) is 25.1. The highest BCUT2D eigenvalue weighted by atomic mass is 19.4. The first kappa shape index (κ1) is 33.6. The standard InChI is InChI=1S/C40H37F3N6O3/c41-40(42,43)32-23-30(27-9-15-47(16-10-27)36(50)21-25-5-7-33-28(19-25)3-1-13-44-33)24-35-38(32)49(39(52)46-35)31-11-17-48(18-12-31)37(51)22-26-6-8-34-29(20-26)4-2-14-45-34/h1-8,13-14,19-20,23-24,27,31H,9-12,15-18,21-22H2,(H,46,52). The number of aromatic amines is 1. The van der Waals surface area contributed by atoms with Crippen molar-refractivity contribution >= 4 is 44.7 Å². The Hall–Kier alpha value is -5.52. The van der Waals surface area contributed by atoms with Gasteiger partial charge in [-0.15, -0.1) is 0 Å². The third kappa shape index (κ3) is 6.65. The predicted octanol–water partition coefficient (Wildman–Crippen LogP) is 6.80. The number of amides is 2. The second kappa shape index (κ2) is 13.6. The fourth-order valence-electron chi connectivity index (χ4n) is 7.97. The average Bonchev–Trinajstić information content (AvgIpc) is 3.49. The van der Waals surface area contributed by atoms with Gasteiger partial charge >= 0.3 is 11.9 Å². The summed E-state index contributed by atoms with van der Waals surface area (Å²) in [5.41, 5.74) is 2.54. The molecule has 2 saturated heterocycles. The zero-order valence-corrected chi connectivity index (χ0v) is 28.4. The Morgan fingerprint density at radius 3 is 1.81 bits per heavy atom. The minimum absolute atomic E-state index is 0.0199. The number of hydrogen-bond acceptors (Lipinski definition) is 5. The van der Waals surface area contributed by atoms with Crippen molar-refractivity contribution in [1.29, 1.82) is 0 Å². The lowest BCUT2D eigenvalue weighted by molar-refractivity contribution is -0.136. The molecule has 6 aromatic rings. The fraction of sp³-hybridized carbons (Fsp3) is 0.325. The molecule has 2 fully saturated rings. The zero-order chi connectivity index (χ0) is 36.0. The number of rotatable bonds is 6. The maximum atomic E-state index is 14.7.